The molecule has 0 aliphatic rings. The third kappa shape index (κ3) is 2.55. The van der Waals surface area contributed by atoms with Crippen molar-refractivity contribution in [1.82, 2.24) is 0 Å². The molecule has 1 aromatic rings. The van der Waals surface area contributed by atoms with E-state index in [0.29, 0.717) is 0 Å². The van der Waals surface area contributed by atoms with Crippen molar-refractivity contribution in [2.45, 2.75) is 13.3 Å². The van der Waals surface area contributed by atoms with Crippen molar-refractivity contribution >= 4 is 21.9 Å². The summed E-state index contributed by atoms with van der Waals surface area (Å²) in [6.07, 6.45) is -2.97. The summed E-state index contributed by atoms with van der Waals surface area (Å²) in [5.41, 5.74) is -1.31. The van der Waals surface area contributed by atoms with Crippen LogP contribution < -0.4 is 0 Å². The number of hydrogen-bond acceptors (Lipinski definition) is 2. The van der Waals surface area contributed by atoms with E-state index in [2.05, 4.69) is 20.7 Å². The second-order valence-electron chi connectivity index (χ2n) is 2.85. The van der Waals surface area contributed by atoms with Crippen molar-refractivity contribution in [1.29, 1.82) is 0 Å². The fourth-order valence-electron chi connectivity index (χ4n) is 1.13. The Balaban J connectivity index is 3.26. The minimum atomic E-state index is -2.97. The average molecular weight is 297 g/mol. The minimum Gasteiger partial charge on any atom is -0.462 e. The molecular formula is C10H8BrF3O2. The van der Waals surface area contributed by atoms with Crippen LogP contribution in [0.3, 0.4) is 0 Å². The molecule has 6 heteroatoms. The summed E-state index contributed by atoms with van der Waals surface area (Å²) in [5.74, 6) is -2.21. The van der Waals surface area contributed by atoms with Gasteiger partial charge in [0, 0.05) is 4.47 Å². The lowest BCUT2D eigenvalue weighted by Gasteiger charge is -2.09. The molecule has 0 fully saturated rings. The van der Waals surface area contributed by atoms with Crippen molar-refractivity contribution in [3.8, 4) is 0 Å². The fraction of sp³-hybridized carbons (Fsp3) is 0.300. The number of ether oxygens (including phenoxy) is 1. The van der Waals surface area contributed by atoms with Crippen LogP contribution >= 0.6 is 15.9 Å². The fourth-order valence-corrected chi connectivity index (χ4v) is 1.60. The molecule has 0 amide bonds. The first-order chi connectivity index (χ1) is 7.49. The zero-order chi connectivity index (χ0) is 12.3. The molecule has 16 heavy (non-hydrogen) atoms. The molecule has 0 N–H and O–H groups in total. The van der Waals surface area contributed by atoms with E-state index in [9.17, 15) is 18.0 Å². The van der Waals surface area contributed by atoms with E-state index in [-0.39, 0.29) is 11.1 Å². The van der Waals surface area contributed by atoms with Crippen LogP contribution in [0.15, 0.2) is 16.6 Å². The monoisotopic (exact) mass is 296 g/mol. The first-order valence-corrected chi connectivity index (χ1v) is 5.21. The normalized spacial score (nSPS) is 10.6. The summed E-state index contributed by atoms with van der Waals surface area (Å²) < 4.78 is 43.0. The van der Waals surface area contributed by atoms with E-state index < -0.39 is 29.3 Å². The number of carbonyl (C=O) groups excluding carboxylic acids is 1. The zero-order valence-corrected chi connectivity index (χ0v) is 9.85. The molecule has 0 atom stereocenters. The highest BCUT2D eigenvalue weighted by atomic mass is 79.9. The lowest BCUT2D eigenvalue weighted by Crippen LogP contribution is -2.10. The van der Waals surface area contributed by atoms with Crippen LogP contribution in [0.4, 0.5) is 13.2 Å². The van der Waals surface area contributed by atoms with Crippen molar-refractivity contribution in [3.63, 3.8) is 0 Å². The highest BCUT2D eigenvalue weighted by molar-refractivity contribution is 9.10. The van der Waals surface area contributed by atoms with Crippen molar-refractivity contribution in [2.24, 2.45) is 0 Å². The Labute approximate surface area is 98.5 Å². The summed E-state index contributed by atoms with van der Waals surface area (Å²) in [6, 6.07) is 2.11. The van der Waals surface area contributed by atoms with Gasteiger partial charge in [-0.3, -0.25) is 0 Å². The van der Waals surface area contributed by atoms with Crippen molar-refractivity contribution in [2.75, 3.05) is 6.61 Å². The van der Waals surface area contributed by atoms with Gasteiger partial charge in [-0.1, -0.05) is 0 Å². The van der Waals surface area contributed by atoms with Gasteiger partial charge < -0.3 is 4.74 Å². The van der Waals surface area contributed by atoms with Crippen LogP contribution in [0.25, 0.3) is 0 Å². The Kier molecular flexibility index (Phi) is 4.35. The van der Waals surface area contributed by atoms with Crippen molar-refractivity contribution < 1.29 is 22.7 Å². The van der Waals surface area contributed by atoms with Gasteiger partial charge in [-0.25, -0.2) is 18.0 Å². The number of benzene rings is 1. The predicted octanol–water partition coefficient (Wildman–Crippen LogP) is 3.70. The molecule has 2 nitrogen and oxygen atoms in total. The molecule has 0 spiro atoms. The maximum Gasteiger partial charge on any atom is 0.342 e. The van der Waals surface area contributed by atoms with Gasteiger partial charge in [-0.05, 0) is 35.0 Å². The van der Waals surface area contributed by atoms with Crippen molar-refractivity contribution in [3.05, 3.63) is 33.5 Å². The zero-order valence-electron chi connectivity index (χ0n) is 8.27. The predicted molar refractivity (Wildman–Crippen MR) is 55.0 cm³/mol. The Morgan fingerprint density at radius 3 is 2.62 bits per heavy atom. The minimum absolute atomic E-state index is 0.0453. The van der Waals surface area contributed by atoms with E-state index in [1.807, 2.05) is 0 Å². The molecule has 0 aliphatic carbocycles. The van der Waals surface area contributed by atoms with Gasteiger partial charge in [0.05, 0.1) is 12.2 Å². The molecular weight excluding hydrogens is 289 g/mol. The van der Waals surface area contributed by atoms with Crippen LogP contribution in [0, 0.1) is 5.82 Å². The number of carbonyl (C=O) groups is 1. The Morgan fingerprint density at radius 1 is 1.50 bits per heavy atom. The maximum absolute atomic E-state index is 13.5. The van der Waals surface area contributed by atoms with E-state index in [1.54, 1.807) is 6.92 Å². The molecule has 0 saturated heterocycles. The summed E-state index contributed by atoms with van der Waals surface area (Å²) >= 11 is 2.92. The largest absolute Gasteiger partial charge is 0.462 e. The highest BCUT2D eigenvalue weighted by Crippen LogP contribution is 2.29. The standard InChI is InChI=1S/C10H8BrF3O2/c1-2-16-10(15)7-6(11)4-3-5(8(7)12)9(13)14/h3-4,9H,2H2,1H3. The number of hydrogen-bond donors (Lipinski definition) is 0. The van der Waals surface area contributed by atoms with Gasteiger partial charge in [0.1, 0.15) is 11.4 Å². The lowest BCUT2D eigenvalue weighted by atomic mass is 10.1. The Hall–Kier alpha value is -1.04. The van der Waals surface area contributed by atoms with Gasteiger partial charge in [-0.2, -0.15) is 0 Å². The van der Waals surface area contributed by atoms with Gasteiger partial charge in [0.25, 0.3) is 6.43 Å². The quantitative estimate of drug-likeness (QED) is 0.795. The third-order valence-corrected chi connectivity index (χ3v) is 2.50. The van der Waals surface area contributed by atoms with Crippen LogP contribution in [0.1, 0.15) is 29.3 Å². The molecule has 1 aromatic carbocycles. The summed E-state index contributed by atoms with van der Waals surface area (Å²) in [4.78, 5) is 11.3. The second-order valence-corrected chi connectivity index (χ2v) is 3.70. The second kappa shape index (κ2) is 5.34. The molecule has 0 aliphatic heterocycles. The molecule has 0 bridgehead atoms. The number of rotatable bonds is 3. The SMILES string of the molecule is CCOC(=O)c1c(Br)ccc(C(F)F)c1F. The van der Waals surface area contributed by atoms with E-state index in [0.717, 1.165) is 6.07 Å². The molecule has 0 unspecified atom stereocenters. The van der Waals surface area contributed by atoms with Crippen LogP contribution in [0.5, 0.6) is 0 Å². The van der Waals surface area contributed by atoms with E-state index >= 15 is 0 Å². The first kappa shape index (κ1) is 13.0. The van der Waals surface area contributed by atoms with Gasteiger partial charge in [0.15, 0.2) is 0 Å². The lowest BCUT2D eigenvalue weighted by molar-refractivity contribution is 0.0518. The van der Waals surface area contributed by atoms with Crippen LogP contribution in [-0.4, -0.2) is 12.6 Å². The average Bonchev–Trinajstić information content (AvgIpc) is 2.17. The van der Waals surface area contributed by atoms with Gasteiger partial charge >= 0.3 is 5.97 Å². The summed E-state index contributed by atoms with van der Waals surface area (Å²) in [7, 11) is 0. The van der Waals surface area contributed by atoms with Gasteiger partial charge in [0.2, 0.25) is 0 Å². The maximum atomic E-state index is 13.5. The first-order valence-electron chi connectivity index (χ1n) is 4.42. The van der Waals surface area contributed by atoms with E-state index in [4.69, 9.17) is 0 Å². The van der Waals surface area contributed by atoms with Crippen LogP contribution in [-0.2, 0) is 4.74 Å². The topological polar surface area (TPSA) is 26.3 Å². The van der Waals surface area contributed by atoms with Crippen LogP contribution in [0.2, 0.25) is 0 Å². The number of halogens is 4. The molecule has 0 saturated carbocycles. The van der Waals surface area contributed by atoms with E-state index in [1.165, 1.54) is 6.07 Å². The molecule has 0 heterocycles. The molecule has 88 valence electrons. The molecule has 0 aromatic heterocycles. The smallest absolute Gasteiger partial charge is 0.342 e. The summed E-state index contributed by atoms with van der Waals surface area (Å²) in [6.45, 7) is 1.59. The van der Waals surface area contributed by atoms with Gasteiger partial charge in [-0.15, -0.1) is 0 Å². The number of esters is 1. The Bertz CT molecular complexity index is 407. The molecule has 1 rings (SSSR count). The Morgan fingerprint density at radius 2 is 2.12 bits per heavy atom. The molecule has 0 radical (unpaired) electrons. The number of alkyl halides is 2. The highest BCUT2D eigenvalue weighted by Gasteiger charge is 2.23. The third-order valence-electron chi connectivity index (χ3n) is 1.84. The summed E-state index contributed by atoms with van der Waals surface area (Å²) in [5, 5.41) is 0.